The molecule has 0 saturated heterocycles. The summed E-state index contributed by atoms with van der Waals surface area (Å²) in [6.07, 6.45) is 0.613. The van der Waals surface area contributed by atoms with Crippen LogP contribution in [0.5, 0.6) is 0 Å². The number of thioether (sulfide) groups is 1. The number of hydrogen-bond acceptors (Lipinski definition) is 5. The summed E-state index contributed by atoms with van der Waals surface area (Å²) >= 11 is -0.154. The van der Waals surface area contributed by atoms with E-state index < -0.39 is 5.51 Å². The summed E-state index contributed by atoms with van der Waals surface area (Å²) in [5.41, 5.74) is -3.69. The van der Waals surface area contributed by atoms with Crippen LogP contribution >= 0.6 is 24.2 Å². The molecule has 0 saturated carbocycles. The molecule has 0 radical (unpaired) electrons. The molecule has 0 amide bonds. The summed E-state index contributed by atoms with van der Waals surface area (Å²) < 4.78 is 41.8. The quantitative estimate of drug-likeness (QED) is 0.826. The average Bonchev–Trinajstić information content (AvgIpc) is 2.86. The van der Waals surface area contributed by atoms with Crippen LogP contribution in [0, 0.1) is 0 Å². The minimum atomic E-state index is -4.29. The Balaban J connectivity index is 0.00000242. The first-order chi connectivity index (χ1) is 9.87. The number of halogens is 4. The highest BCUT2D eigenvalue weighted by molar-refractivity contribution is 8.00. The zero-order chi connectivity index (χ0) is 15.5. The minimum Gasteiger partial charge on any atom is -0.334 e. The van der Waals surface area contributed by atoms with Gasteiger partial charge in [-0.25, -0.2) is 0 Å². The van der Waals surface area contributed by atoms with E-state index in [9.17, 15) is 13.2 Å². The molecule has 2 rings (SSSR count). The Morgan fingerprint density at radius 1 is 1.27 bits per heavy atom. The Kier molecular flexibility index (Phi) is 6.70. The van der Waals surface area contributed by atoms with Gasteiger partial charge in [-0.3, -0.25) is 0 Å². The van der Waals surface area contributed by atoms with E-state index >= 15 is 0 Å². The fraction of sp³-hybridized carbons (Fsp3) is 0.385. The van der Waals surface area contributed by atoms with Crippen LogP contribution in [-0.4, -0.2) is 28.7 Å². The molecule has 1 heterocycles. The Morgan fingerprint density at radius 2 is 1.91 bits per heavy atom. The van der Waals surface area contributed by atoms with Crippen molar-refractivity contribution < 1.29 is 17.7 Å². The third-order valence-electron chi connectivity index (χ3n) is 2.78. The largest absolute Gasteiger partial charge is 0.446 e. The van der Waals surface area contributed by atoms with Gasteiger partial charge >= 0.3 is 5.51 Å². The van der Waals surface area contributed by atoms with Crippen molar-refractivity contribution in [2.24, 2.45) is 0 Å². The highest BCUT2D eigenvalue weighted by atomic mass is 35.5. The number of benzene rings is 1. The lowest BCUT2D eigenvalue weighted by atomic mass is 10.2. The molecular formula is C13H15ClF3N3OS. The molecule has 1 aromatic heterocycles. The van der Waals surface area contributed by atoms with Gasteiger partial charge in [0.15, 0.2) is 5.82 Å². The SMILES string of the molecule is CNC(C)Cc1noc(-c2ccc(SC(F)(F)F)cc2)n1.Cl. The van der Waals surface area contributed by atoms with Crippen LogP contribution in [0.3, 0.4) is 0 Å². The lowest BCUT2D eigenvalue weighted by Gasteiger charge is -2.05. The third-order valence-corrected chi connectivity index (χ3v) is 3.52. The van der Waals surface area contributed by atoms with Crippen molar-refractivity contribution in [2.45, 2.75) is 29.8 Å². The van der Waals surface area contributed by atoms with Crippen molar-refractivity contribution >= 4 is 24.2 Å². The standard InChI is InChI=1S/C13H14F3N3OS.ClH/c1-8(17-2)7-11-18-12(20-19-11)9-3-5-10(6-4-9)21-13(14,15)16;/h3-6,8,17H,7H2,1-2H3;1H. The first-order valence-electron chi connectivity index (χ1n) is 6.23. The first-order valence-corrected chi connectivity index (χ1v) is 7.05. The summed E-state index contributed by atoms with van der Waals surface area (Å²) in [4.78, 5) is 4.35. The maximum atomic E-state index is 12.2. The number of nitrogens with zero attached hydrogens (tertiary/aromatic N) is 2. The van der Waals surface area contributed by atoms with Gasteiger partial charge in [0.2, 0.25) is 0 Å². The molecule has 9 heteroatoms. The molecule has 0 bridgehead atoms. The number of aromatic nitrogens is 2. The second-order valence-corrected chi connectivity index (χ2v) is 5.62. The van der Waals surface area contributed by atoms with Gasteiger partial charge in [-0.2, -0.15) is 18.2 Å². The smallest absolute Gasteiger partial charge is 0.334 e. The zero-order valence-corrected chi connectivity index (χ0v) is 13.5. The number of alkyl halides is 3. The van der Waals surface area contributed by atoms with Crippen LogP contribution in [0.25, 0.3) is 11.5 Å². The van der Waals surface area contributed by atoms with Gasteiger partial charge in [0.25, 0.3) is 5.89 Å². The van der Waals surface area contributed by atoms with E-state index in [0.717, 1.165) is 0 Å². The molecule has 1 unspecified atom stereocenters. The number of nitrogens with one attached hydrogen (secondary N) is 1. The lowest BCUT2D eigenvalue weighted by molar-refractivity contribution is -0.0328. The highest BCUT2D eigenvalue weighted by Crippen LogP contribution is 2.37. The molecule has 22 heavy (non-hydrogen) atoms. The van der Waals surface area contributed by atoms with E-state index in [0.29, 0.717) is 23.7 Å². The van der Waals surface area contributed by atoms with Crippen molar-refractivity contribution in [3.05, 3.63) is 30.1 Å². The van der Waals surface area contributed by atoms with Gasteiger partial charge in [0, 0.05) is 22.9 Å². The second-order valence-electron chi connectivity index (χ2n) is 4.48. The molecule has 0 aliphatic rings. The predicted octanol–water partition coefficient (Wildman–Crippen LogP) is 3.92. The molecule has 2 aromatic rings. The molecule has 1 atom stereocenters. The van der Waals surface area contributed by atoms with E-state index in [1.165, 1.54) is 24.3 Å². The van der Waals surface area contributed by atoms with Gasteiger partial charge in [-0.05, 0) is 50.0 Å². The summed E-state index contributed by atoms with van der Waals surface area (Å²) in [5.74, 6) is 0.859. The second kappa shape index (κ2) is 7.85. The fourth-order valence-electron chi connectivity index (χ4n) is 1.63. The van der Waals surface area contributed by atoms with Crippen LogP contribution in [0.1, 0.15) is 12.7 Å². The first kappa shape index (κ1) is 18.8. The maximum Gasteiger partial charge on any atom is 0.446 e. The van der Waals surface area contributed by atoms with Gasteiger partial charge < -0.3 is 9.84 Å². The van der Waals surface area contributed by atoms with E-state index in [1.807, 2.05) is 14.0 Å². The maximum absolute atomic E-state index is 12.2. The Labute approximate surface area is 136 Å². The molecule has 0 fully saturated rings. The number of hydrogen-bond donors (Lipinski definition) is 1. The van der Waals surface area contributed by atoms with E-state index in [-0.39, 0.29) is 35.1 Å². The van der Waals surface area contributed by atoms with Crippen LogP contribution in [0.4, 0.5) is 13.2 Å². The summed E-state index contributed by atoms with van der Waals surface area (Å²) in [6.45, 7) is 1.99. The van der Waals surface area contributed by atoms with E-state index in [1.54, 1.807) is 0 Å². The average molecular weight is 354 g/mol. The van der Waals surface area contributed by atoms with Crippen molar-refractivity contribution in [1.82, 2.24) is 15.5 Å². The van der Waals surface area contributed by atoms with Crippen molar-refractivity contribution in [3.8, 4) is 11.5 Å². The summed E-state index contributed by atoms with van der Waals surface area (Å²) in [5, 5.41) is 6.91. The molecular weight excluding hydrogens is 339 g/mol. The molecule has 122 valence electrons. The van der Waals surface area contributed by atoms with Crippen molar-refractivity contribution in [3.63, 3.8) is 0 Å². The van der Waals surface area contributed by atoms with Crippen LogP contribution < -0.4 is 5.32 Å². The monoisotopic (exact) mass is 353 g/mol. The van der Waals surface area contributed by atoms with Gasteiger partial charge in [0.1, 0.15) is 0 Å². The molecule has 0 spiro atoms. The molecule has 1 N–H and O–H groups in total. The van der Waals surface area contributed by atoms with Crippen LogP contribution in [-0.2, 0) is 6.42 Å². The van der Waals surface area contributed by atoms with Crippen molar-refractivity contribution in [2.75, 3.05) is 7.05 Å². The van der Waals surface area contributed by atoms with Crippen LogP contribution in [0.2, 0.25) is 0 Å². The molecule has 0 aliphatic carbocycles. The topological polar surface area (TPSA) is 51.0 Å². The van der Waals surface area contributed by atoms with Gasteiger partial charge in [-0.15, -0.1) is 12.4 Å². The predicted molar refractivity (Wildman–Crippen MR) is 81.1 cm³/mol. The van der Waals surface area contributed by atoms with Crippen LogP contribution in [0.15, 0.2) is 33.7 Å². The van der Waals surface area contributed by atoms with Gasteiger partial charge in [0.05, 0.1) is 0 Å². The van der Waals surface area contributed by atoms with E-state index in [2.05, 4.69) is 15.5 Å². The minimum absolute atomic E-state index is 0. The Hall–Kier alpha value is -1.25. The Bertz CT molecular complexity index is 589. The normalized spacial score (nSPS) is 12.8. The van der Waals surface area contributed by atoms with E-state index in [4.69, 9.17) is 4.52 Å². The summed E-state index contributed by atoms with van der Waals surface area (Å²) in [6, 6.07) is 6.04. The molecule has 0 aliphatic heterocycles. The molecule has 4 nitrogen and oxygen atoms in total. The Morgan fingerprint density at radius 3 is 2.45 bits per heavy atom. The highest BCUT2D eigenvalue weighted by Gasteiger charge is 2.29. The molecule has 1 aromatic carbocycles. The fourth-order valence-corrected chi connectivity index (χ4v) is 2.17. The lowest BCUT2D eigenvalue weighted by Crippen LogP contribution is -2.24. The number of likely N-dealkylation sites (N-methyl/N-ethyl adjacent to an activating group) is 1. The van der Waals surface area contributed by atoms with Gasteiger partial charge in [-0.1, -0.05) is 5.16 Å². The van der Waals surface area contributed by atoms with Crippen molar-refractivity contribution in [1.29, 1.82) is 0 Å². The summed E-state index contributed by atoms with van der Waals surface area (Å²) in [7, 11) is 1.84. The zero-order valence-electron chi connectivity index (χ0n) is 11.8. The number of rotatable bonds is 5. The third kappa shape index (κ3) is 5.51.